The lowest BCUT2D eigenvalue weighted by atomic mass is 10.1. The number of nitrogens with zero attached hydrogens (tertiary/aromatic N) is 3. The van der Waals surface area contributed by atoms with Gasteiger partial charge in [-0.15, -0.1) is 11.3 Å². The van der Waals surface area contributed by atoms with Crippen LogP contribution in [0, 0.1) is 6.92 Å². The van der Waals surface area contributed by atoms with Gasteiger partial charge >= 0.3 is 0 Å². The number of aromatic nitrogens is 2. The van der Waals surface area contributed by atoms with Crippen molar-refractivity contribution in [1.29, 1.82) is 0 Å². The number of amides is 1. The first-order valence-corrected chi connectivity index (χ1v) is 8.45. The minimum Gasteiger partial charge on any atom is -0.389 e. The first kappa shape index (κ1) is 14.7. The van der Waals surface area contributed by atoms with E-state index in [-0.39, 0.29) is 5.91 Å². The van der Waals surface area contributed by atoms with E-state index in [9.17, 15) is 9.90 Å². The summed E-state index contributed by atoms with van der Waals surface area (Å²) in [5, 5.41) is 15.5. The third-order valence-corrected chi connectivity index (χ3v) is 5.40. The molecule has 5 nitrogen and oxygen atoms in total. The van der Waals surface area contributed by atoms with E-state index >= 15 is 0 Å². The Morgan fingerprint density at radius 3 is 2.83 bits per heavy atom. The molecule has 3 heterocycles. The van der Waals surface area contributed by atoms with Gasteiger partial charge in [0.05, 0.1) is 27.4 Å². The molecule has 1 saturated heterocycles. The van der Waals surface area contributed by atoms with Gasteiger partial charge in [-0.3, -0.25) is 4.79 Å². The van der Waals surface area contributed by atoms with Gasteiger partial charge in [0.1, 0.15) is 4.83 Å². The highest BCUT2D eigenvalue weighted by Crippen LogP contribution is 2.33. The average molecular weight is 348 g/mol. The minimum absolute atomic E-state index is 0.0402. The Bertz CT molecular complexity index is 911. The number of aryl methyl sites for hydroxylation is 1. The van der Waals surface area contributed by atoms with E-state index in [1.54, 1.807) is 9.58 Å². The average Bonchev–Trinajstić information content (AvgIpc) is 3.05. The van der Waals surface area contributed by atoms with E-state index in [1.165, 1.54) is 11.3 Å². The number of aliphatic hydroxyl groups excluding tert-OH is 1. The van der Waals surface area contributed by atoms with Crippen LogP contribution < -0.4 is 0 Å². The molecular formula is C16H14ClN3O2S. The second-order valence-corrected chi connectivity index (χ2v) is 7.08. The van der Waals surface area contributed by atoms with Gasteiger partial charge < -0.3 is 10.0 Å². The summed E-state index contributed by atoms with van der Waals surface area (Å²) < 4.78 is 1.79. The summed E-state index contributed by atoms with van der Waals surface area (Å²) in [5.74, 6) is -0.0402. The maximum Gasteiger partial charge on any atom is 0.264 e. The normalized spacial score (nSPS) is 15.2. The molecule has 1 amide bonds. The lowest BCUT2D eigenvalue weighted by Gasteiger charge is -2.35. The molecule has 23 heavy (non-hydrogen) atoms. The van der Waals surface area contributed by atoms with Crippen LogP contribution >= 0.6 is 22.9 Å². The Morgan fingerprint density at radius 2 is 2.13 bits per heavy atom. The quantitative estimate of drug-likeness (QED) is 0.775. The van der Waals surface area contributed by atoms with E-state index in [2.05, 4.69) is 5.10 Å². The Balaban J connectivity index is 1.79. The molecule has 1 fully saturated rings. The zero-order valence-electron chi connectivity index (χ0n) is 12.4. The topological polar surface area (TPSA) is 58.4 Å². The standard InChI is InChI=1S/C16H14ClN3O2S/c1-9-11-6-14(15(22)19-7-10(21)8-19)23-16(11)20(18-9)13-5-3-2-4-12(13)17/h2-6,10,21H,7-8H2,1H3. The molecule has 0 bridgehead atoms. The van der Waals surface area contributed by atoms with Gasteiger partial charge in [0, 0.05) is 18.5 Å². The molecule has 7 heteroatoms. The van der Waals surface area contributed by atoms with Crippen LogP contribution in [0.15, 0.2) is 30.3 Å². The molecule has 0 aliphatic carbocycles. The molecule has 2 aromatic heterocycles. The predicted octanol–water partition coefficient (Wildman–Crippen LogP) is 2.87. The predicted molar refractivity (Wildman–Crippen MR) is 90.6 cm³/mol. The number of carbonyl (C=O) groups excluding carboxylic acids is 1. The number of aliphatic hydroxyl groups is 1. The van der Waals surface area contributed by atoms with E-state index in [1.807, 2.05) is 37.3 Å². The Hall–Kier alpha value is -1.89. The fourth-order valence-electron chi connectivity index (χ4n) is 2.72. The van der Waals surface area contributed by atoms with E-state index < -0.39 is 6.10 Å². The highest BCUT2D eigenvalue weighted by Gasteiger charge is 2.31. The van der Waals surface area contributed by atoms with E-state index in [0.717, 1.165) is 21.6 Å². The van der Waals surface area contributed by atoms with Crippen LogP contribution in [-0.4, -0.2) is 44.9 Å². The number of fused-ring (bicyclic) bond motifs is 1. The number of rotatable bonds is 2. The first-order valence-electron chi connectivity index (χ1n) is 7.26. The third-order valence-electron chi connectivity index (χ3n) is 3.99. The summed E-state index contributed by atoms with van der Waals surface area (Å²) in [5.41, 5.74) is 1.66. The first-order chi connectivity index (χ1) is 11.0. The Morgan fingerprint density at radius 1 is 1.39 bits per heavy atom. The molecule has 118 valence electrons. The number of hydrogen-bond donors (Lipinski definition) is 1. The van der Waals surface area contributed by atoms with Gasteiger partial charge in [-0.25, -0.2) is 4.68 Å². The van der Waals surface area contributed by atoms with Crippen LogP contribution in [0.3, 0.4) is 0 Å². The lowest BCUT2D eigenvalue weighted by Crippen LogP contribution is -2.53. The number of para-hydroxylation sites is 1. The van der Waals surface area contributed by atoms with Crippen molar-refractivity contribution in [2.75, 3.05) is 13.1 Å². The summed E-state index contributed by atoms with van der Waals surface area (Å²) in [6.45, 7) is 2.73. The second-order valence-electron chi connectivity index (χ2n) is 5.64. The number of halogens is 1. The molecule has 3 aromatic rings. The number of likely N-dealkylation sites (tertiary alicyclic amines) is 1. The Kier molecular flexibility index (Phi) is 3.41. The van der Waals surface area contributed by atoms with Crippen molar-refractivity contribution >= 4 is 39.1 Å². The lowest BCUT2D eigenvalue weighted by molar-refractivity contribution is 0.00623. The zero-order chi connectivity index (χ0) is 16.1. The number of thiophene rings is 1. The van der Waals surface area contributed by atoms with Gasteiger partial charge in [0.2, 0.25) is 0 Å². The van der Waals surface area contributed by atoms with Crippen molar-refractivity contribution in [2.24, 2.45) is 0 Å². The fraction of sp³-hybridized carbons (Fsp3) is 0.250. The molecule has 1 N–H and O–H groups in total. The third kappa shape index (κ3) is 2.34. The molecule has 1 aromatic carbocycles. The number of hydrogen-bond acceptors (Lipinski definition) is 4. The van der Waals surface area contributed by atoms with E-state index in [0.29, 0.717) is 23.0 Å². The van der Waals surface area contributed by atoms with Crippen molar-refractivity contribution in [3.05, 3.63) is 45.9 Å². The molecule has 1 aliphatic heterocycles. The smallest absolute Gasteiger partial charge is 0.264 e. The van der Waals surface area contributed by atoms with E-state index in [4.69, 9.17) is 11.6 Å². The van der Waals surface area contributed by atoms with Gasteiger partial charge in [-0.05, 0) is 25.1 Å². The SMILES string of the molecule is Cc1nn(-c2ccccc2Cl)c2sc(C(=O)N3CC(O)C3)cc12. The van der Waals surface area contributed by atoms with Gasteiger partial charge in [0.15, 0.2) is 0 Å². The summed E-state index contributed by atoms with van der Waals surface area (Å²) in [7, 11) is 0. The van der Waals surface area contributed by atoms with Crippen molar-refractivity contribution < 1.29 is 9.90 Å². The van der Waals surface area contributed by atoms with Crippen molar-refractivity contribution in [2.45, 2.75) is 13.0 Å². The van der Waals surface area contributed by atoms with Crippen molar-refractivity contribution in [3.8, 4) is 5.69 Å². The maximum absolute atomic E-state index is 12.4. The minimum atomic E-state index is -0.395. The van der Waals surface area contributed by atoms with Gasteiger partial charge in [-0.2, -0.15) is 5.10 Å². The van der Waals surface area contributed by atoms with Crippen LogP contribution in [0.5, 0.6) is 0 Å². The van der Waals surface area contributed by atoms with Gasteiger partial charge in [0.25, 0.3) is 5.91 Å². The molecular weight excluding hydrogens is 334 g/mol. The number of benzene rings is 1. The number of carbonyl (C=O) groups is 1. The summed E-state index contributed by atoms with van der Waals surface area (Å²) in [6, 6.07) is 9.38. The van der Waals surface area contributed by atoms with Gasteiger partial charge in [-0.1, -0.05) is 23.7 Å². The molecule has 1 aliphatic rings. The van der Waals surface area contributed by atoms with Crippen LogP contribution in [0.25, 0.3) is 15.9 Å². The molecule has 0 unspecified atom stereocenters. The highest BCUT2D eigenvalue weighted by molar-refractivity contribution is 7.20. The van der Waals surface area contributed by atoms with Crippen LogP contribution in [0.4, 0.5) is 0 Å². The van der Waals surface area contributed by atoms with Crippen LogP contribution in [-0.2, 0) is 0 Å². The zero-order valence-corrected chi connectivity index (χ0v) is 13.9. The van der Waals surface area contributed by atoms with Crippen LogP contribution in [0.2, 0.25) is 5.02 Å². The Labute approximate surface area is 141 Å². The van der Waals surface area contributed by atoms with Crippen LogP contribution in [0.1, 0.15) is 15.4 Å². The molecule has 0 spiro atoms. The second kappa shape index (κ2) is 5.33. The highest BCUT2D eigenvalue weighted by atomic mass is 35.5. The molecule has 0 radical (unpaired) electrons. The summed E-state index contributed by atoms with van der Waals surface area (Å²) in [6.07, 6.45) is -0.395. The molecule has 0 atom stereocenters. The number of β-amino-alcohol motifs (C(OH)–C–C–N with tert-alkyl or cyclic N) is 1. The summed E-state index contributed by atoms with van der Waals surface area (Å²) in [4.78, 5) is 15.6. The van der Waals surface area contributed by atoms with Crippen molar-refractivity contribution in [3.63, 3.8) is 0 Å². The molecule has 4 rings (SSSR count). The molecule has 0 saturated carbocycles. The van der Waals surface area contributed by atoms with Crippen molar-refractivity contribution in [1.82, 2.24) is 14.7 Å². The maximum atomic E-state index is 12.4. The fourth-order valence-corrected chi connectivity index (χ4v) is 4.08. The summed E-state index contributed by atoms with van der Waals surface area (Å²) >= 11 is 7.68. The largest absolute Gasteiger partial charge is 0.389 e. The monoisotopic (exact) mass is 347 g/mol.